The number of anilines is 1. The molecule has 0 radical (unpaired) electrons. The fourth-order valence-corrected chi connectivity index (χ4v) is 3.00. The molecule has 0 aliphatic heterocycles. The number of hydrogen-bond acceptors (Lipinski definition) is 4. The van der Waals surface area contributed by atoms with E-state index < -0.39 is 0 Å². The van der Waals surface area contributed by atoms with Crippen molar-refractivity contribution in [3.63, 3.8) is 0 Å². The first kappa shape index (κ1) is 16.1. The van der Waals surface area contributed by atoms with Gasteiger partial charge in [-0.2, -0.15) is 5.10 Å². The topological polar surface area (TPSA) is 72.2 Å². The van der Waals surface area contributed by atoms with E-state index >= 15 is 0 Å². The SMILES string of the molecule is Cc1cccc(C)c1NC(=O)CCc1c(C)nn2cnnc2c1C. The zero-order chi connectivity index (χ0) is 17.3. The minimum atomic E-state index is 0.00698. The second-order valence-electron chi connectivity index (χ2n) is 6.10. The molecule has 2 heterocycles. The molecule has 1 N–H and O–H groups in total. The van der Waals surface area contributed by atoms with Crippen LogP contribution < -0.4 is 5.32 Å². The summed E-state index contributed by atoms with van der Waals surface area (Å²) in [6.07, 6.45) is 2.62. The molecule has 1 amide bonds. The van der Waals surface area contributed by atoms with Crippen molar-refractivity contribution in [2.75, 3.05) is 5.32 Å². The van der Waals surface area contributed by atoms with Gasteiger partial charge in [-0.1, -0.05) is 18.2 Å². The molecule has 0 atom stereocenters. The van der Waals surface area contributed by atoms with Crippen LogP contribution >= 0.6 is 0 Å². The monoisotopic (exact) mass is 323 g/mol. The molecule has 0 aliphatic rings. The lowest BCUT2D eigenvalue weighted by atomic mass is 10.0. The number of carbonyl (C=O) groups excluding carboxylic acids is 1. The molecule has 2 aromatic heterocycles. The quantitative estimate of drug-likeness (QED) is 0.801. The normalized spacial score (nSPS) is 11.0. The van der Waals surface area contributed by atoms with Gasteiger partial charge < -0.3 is 5.32 Å². The highest BCUT2D eigenvalue weighted by Gasteiger charge is 2.13. The smallest absolute Gasteiger partial charge is 0.224 e. The molecule has 0 spiro atoms. The van der Waals surface area contributed by atoms with Gasteiger partial charge in [0.2, 0.25) is 5.91 Å². The highest BCUT2D eigenvalue weighted by Crippen LogP contribution is 2.21. The maximum Gasteiger partial charge on any atom is 0.224 e. The van der Waals surface area contributed by atoms with E-state index in [1.54, 1.807) is 10.8 Å². The van der Waals surface area contributed by atoms with E-state index in [9.17, 15) is 4.79 Å². The summed E-state index contributed by atoms with van der Waals surface area (Å²) < 4.78 is 1.67. The van der Waals surface area contributed by atoms with Crippen LogP contribution in [-0.4, -0.2) is 25.7 Å². The van der Waals surface area contributed by atoms with Crippen LogP contribution in [0.1, 0.15) is 34.4 Å². The Morgan fingerprint density at radius 1 is 1.17 bits per heavy atom. The maximum atomic E-state index is 12.4. The van der Waals surface area contributed by atoms with Crippen molar-refractivity contribution in [1.29, 1.82) is 0 Å². The number of aromatic nitrogens is 4. The van der Waals surface area contributed by atoms with E-state index in [-0.39, 0.29) is 5.91 Å². The Labute approximate surface area is 140 Å². The number of amides is 1. The molecule has 6 heteroatoms. The predicted molar refractivity (Wildman–Crippen MR) is 93.1 cm³/mol. The van der Waals surface area contributed by atoms with Gasteiger partial charge in [0.05, 0.1) is 5.69 Å². The lowest BCUT2D eigenvalue weighted by molar-refractivity contribution is -0.116. The lowest BCUT2D eigenvalue weighted by Gasteiger charge is -2.13. The Morgan fingerprint density at radius 2 is 1.88 bits per heavy atom. The van der Waals surface area contributed by atoms with Gasteiger partial charge >= 0.3 is 0 Å². The van der Waals surface area contributed by atoms with E-state index in [4.69, 9.17) is 0 Å². The zero-order valence-corrected chi connectivity index (χ0v) is 14.4. The number of nitrogens with one attached hydrogen (secondary N) is 1. The molecular formula is C18H21N5O. The summed E-state index contributed by atoms with van der Waals surface area (Å²) in [5, 5.41) is 15.4. The Morgan fingerprint density at radius 3 is 2.58 bits per heavy atom. The third-order valence-corrected chi connectivity index (χ3v) is 4.36. The minimum Gasteiger partial charge on any atom is -0.326 e. The average Bonchev–Trinajstić information content (AvgIpc) is 2.99. The van der Waals surface area contributed by atoms with Crippen molar-refractivity contribution >= 4 is 17.2 Å². The summed E-state index contributed by atoms with van der Waals surface area (Å²) in [7, 11) is 0. The number of benzene rings is 1. The molecule has 0 aliphatic carbocycles. The third kappa shape index (κ3) is 2.99. The van der Waals surface area contributed by atoms with Crippen LogP contribution in [0.3, 0.4) is 0 Å². The van der Waals surface area contributed by atoms with Crippen LogP contribution in [-0.2, 0) is 11.2 Å². The summed E-state index contributed by atoms with van der Waals surface area (Å²) in [5.74, 6) is 0.00698. The maximum absolute atomic E-state index is 12.4. The van der Waals surface area contributed by atoms with Gasteiger partial charge in [-0.05, 0) is 50.8 Å². The fourth-order valence-electron chi connectivity index (χ4n) is 3.00. The molecule has 0 bridgehead atoms. The number of para-hydroxylation sites is 1. The van der Waals surface area contributed by atoms with Crippen LogP contribution in [0.2, 0.25) is 0 Å². The molecular weight excluding hydrogens is 302 g/mol. The minimum absolute atomic E-state index is 0.00698. The van der Waals surface area contributed by atoms with Crippen LogP contribution in [0.4, 0.5) is 5.69 Å². The number of rotatable bonds is 4. The average molecular weight is 323 g/mol. The largest absolute Gasteiger partial charge is 0.326 e. The van der Waals surface area contributed by atoms with Crippen LogP contribution in [0.15, 0.2) is 24.5 Å². The second-order valence-corrected chi connectivity index (χ2v) is 6.10. The fraction of sp³-hybridized carbons (Fsp3) is 0.333. The van der Waals surface area contributed by atoms with Crippen molar-refractivity contribution in [3.05, 3.63) is 52.5 Å². The van der Waals surface area contributed by atoms with Crippen LogP contribution in [0.5, 0.6) is 0 Å². The highest BCUT2D eigenvalue weighted by atomic mass is 16.1. The van der Waals surface area contributed by atoms with E-state index in [1.165, 1.54) is 0 Å². The molecule has 0 fully saturated rings. The molecule has 3 aromatic rings. The van der Waals surface area contributed by atoms with Crippen molar-refractivity contribution in [3.8, 4) is 0 Å². The number of nitrogens with zero attached hydrogens (tertiary/aromatic N) is 4. The molecule has 0 saturated heterocycles. The van der Waals surface area contributed by atoms with E-state index in [2.05, 4.69) is 20.6 Å². The first-order chi connectivity index (χ1) is 11.5. The molecule has 0 saturated carbocycles. The second kappa shape index (κ2) is 6.39. The first-order valence-corrected chi connectivity index (χ1v) is 7.99. The third-order valence-electron chi connectivity index (χ3n) is 4.36. The molecule has 1 aromatic carbocycles. The van der Waals surface area contributed by atoms with Gasteiger partial charge in [0.1, 0.15) is 6.33 Å². The van der Waals surface area contributed by atoms with Gasteiger partial charge in [-0.3, -0.25) is 4.79 Å². The molecule has 24 heavy (non-hydrogen) atoms. The first-order valence-electron chi connectivity index (χ1n) is 7.99. The number of aryl methyl sites for hydroxylation is 4. The van der Waals surface area contributed by atoms with E-state index in [0.29, 0.717) is 12.8 Å². The lowest BCUT2D eigenvalue weighted by Crippen LogP contribution is -2.15. The summed E-state index contributed by atoms with van der Waals surface area (Å²) in [5.41, 5.74) is 6.78. The highest BCUT2D eigenvalue weighted by molar-refractivity contribution is 5.92. The van der Waals surface area contributed by atoms with Gasteiger partial charge in [0.15, 0.2) is 5.65 Å². The van der Waals surface area contributed by atoms with Gasteiger partial charge in [0, 0.05) is 17.7 Å². The Bertz CT molecular complexity index is 893. The van der Waals surface area contributed by atoms with Gasteiger partial charge in [0.25, 0.3) is 0 Å². The van der Waals surface area contributed by atoms with Crippen molar-refractivity contribution < 1.29 is 4.79 Å². The number of hydrogen-bond donors (Lipinski definition) is 1. The number of carbonyl (C=O) groups is 1. The molecule has 3 rings (SSSR count). The molecule has 6 nitrogen and oxygen atoms in total. The van der Waals surface area contributed by atoms with E-state index in [0.717, 1.165) is 39.3 Å². The standard InChI is InChI=1S/C18H21N5O/c1-11-6-5-7-12(2)17(11)20-16(24)9-8-15-13(3)18-21-19-10-23(18)22-14(15)4/h5-7,10H,8-9H2,1-4H3,(H,20,24). The Balaban J connectivity index is 1.75. The van der Waals surface area contributed by atoms with Crippen LogP contribution in [0.25, 0.3) is 5.65 Å². The summed E-state index contributed by atoms with van der Waals surface area (Å²) in [6.45, 7) is 7.95. The zero-order valence-electron chi connectivity index (χ0n) is 14.4. The van der Waals surface area contributed by atoms with Crippen molar-refractivity contribution in [2.45, 2.75) is 40.5 Å². The van der Waals surface area contributed by atoms with Gasteiger partial charge in [-0.15, -0.1) is 10.2 Å². The predicted octanol–water partition coefficient (Wildman–Crippen LogP) is 2.93. The Kier molecular flexibility index (Phi) is 4.29. The molecule has 0 unspecified atom stereocenters. The van der Waals surface area contributed by atoms with E-state index in [1.807, 2.05) is 45.9 Å². The summed E-state index contributed by atoms with van der Waals surface area (Å²) in [6, 6.07) is 5.99. The van der Waals surface area contributed by atoms with Gasteiger partial charge in [-0.25, -0.2) is 4.52 Å². The summed E-state index contributed by atoms with van der Waals surface area (Å²) in [4.78, 5) is 12.4. The molecule has 124 valence electrons. The summed E-state index contributed by atoms with van der Waals surface area (Å²) >= 11 is 0. The number of fused-ring (bicyclic) bond motifs is 1. The van der Waals surface area contributed by atoms with Crippen LogP contribution in [0, 0.1) is 27.7 Å². The Hall–Kier alpha value is -2.76. The van der Waals surface area contributed by atoms with Crippen molar-refractivity contribution in [1.82, 2.24) is 19.8 Å². The van der Waals surface area contributed by atoms with Crippen molar-refractivity contribution in [2.24, 2.45) is 0 Å².